The van der Waals surface area contributed by atoms with Crippen molar-refractivity contribution in [2.75, 3.05) is 41.7 Å². The van der Waals surface area contributed by atoms with Crippen molar-refractivity contribution in [3.63, 3.8) is 0 Å². The van der Waals surface area contributed by atoms with Crippen molar-refractivity contribution in [2.45, 2.75) is 6.92 Å². The van der Waals surface area contributed by atoms with Gasteiger partial charge in [-0.15, -0.1) is 0 Å². The van der Waals surface area contributed by atoms with Gasteiger partial charge in [0.2, 0.25) is 5.95 Å². The summed E-state index contributed by atoms with van der Waals surface area (Å²) in [6, 6.07) is 12.0. The molecule has 3 aromatic rings. The molecule has 1 saturated heterocycles. The number of nitrogens with one attached hydrogen (secondary N) is 3. The number of aryl methyl sites for hydroxylation is 1. The number of anilines is 5. The smallest absolute Gasteiger partial charge is 0.230 e. The molecule has 7 nitrogen and oxygen atoms in total. The third-order valence-corrected chi connectivity index (χ3v) is 4.89. The van der Waals surface area contributed by atoms with Gasteiger partial charge < -0.3 is 20.9 Å². The lowest BCUT2D eigenvalue weighted by Crippen LogP contribution is -2.43. The van der Waals surface area contributed by atoms with E-state index in [4.69, 9.17) is 11.6 Å². The second kappa shape index (κ2) is 8.41. The minimum Gasteiger partial charge on any atom is -0.368 e. The normalized spacial score (nSPS) is 14.0. The fourth-order valence-electron chi connectivity index (χ4n) is 3.04. The molecule has 0 unspecified atom stereocenters. The van der Waals surface area contributed by atoms with Crippen molar-refractivity contribution in [1.29, 1.82) is 0 Å². The molecule has 144 valence electrons. The second-order valence-corrected chi connectivity index (χ2v) is 7.00. The van der Waals surface area contributed by atoms with Crippen LogP contribution in [0.1, 0.15) is 5.56 Å². The number of pyridine rings is 1. The van der Waals surface area contributed by atoms with Crippen LogP contribution < -0.4 is 20.9 Å². The summed E-state index contributed by atoms with van der Waals surface area (Å²) in [5.41, 5.74) is 3.18. The van der Waals surface area contributed by atoms with Crippen molar-refractivity contribution < 1.29 is 0 Å². The summed E-state index contributed by atoms with van der Waals surface area (Å²) in [5, 5.41) is 10.2. The summed E-state index contributed by atoms with van der Waals surface area (Å²) in [4.78, 5) is 15.6. The highest BCUT2D eigenvalue weighted by atomic mass is 35.5. The van der Waals surface area contributed by atoms with Crippen LogP contribution >= 0.6 is 11.6 Å². The van der Waals surface area contributed by atoms with E-state index in [-0.39, 0.29) is 0 Å². The van der Waals surface area contributed by atoms with Crippen LogP contribution in [0.5, 0.6) is 0 Å². The van der Waals surface area contributed by atoms with E-state index < -0.39 is 0 Å². The molecule has 8 heteroatoms. The molecule has 3 N–H and O–H groups in total. The molecule has 0 saturated carbocycles. The summed E-state index contributed by atoms with van der Waals surface area (Å²) < 4.78 is 0. The van der Waals surface area contributed by atoms with Crippen molar-refractivity contribution >= 4 is 40.6 Å². The van der Waals surface area contributed by atoms with Crippen LogP contribution in [0.4, 0.5) is 29.0 Å². The molecule has 0 aliphatic carbocycles. The van der Waals surface area contributed by atoms with Gasteiger partial charge in [-0.25, -0.2) is 9.97 Å². The third-order valence-electron chi connectivity index (χ3n) is 4.61. The number of piperazine rings is 1. The van der Waals surface area contributed by atoms with E-state index >= 15 is 0 Å². The Hall–Kier alpha value is -2.90. The Morgan fingerprint density at radius 1 is 1.00 bits per heavy atom. The van der Waals surface area contributed by atoms with E-state index in [9.17, 15) is 0 Å². The fraction of sp³-hybridized carbons (Fsp3) is 0.250. The quantitative estimate of drug-likeness (QED) is 0.607. The first-order valence-electron chi connectivity index (χ1n) is 9.23. The molecule has 3 heterocycles. The Kier molecular flexibility index (Phi) is 5.55. The van der Waals surface area contributed by atoms with Crippen LogP contribution in [-0.2, 0) is 0 Å². The number of hydrogen-bond donors (Lipinski definition) is 3. The zero-order chi connectivity index (χ0) is 19.3. The first kappa shape index (κ1) is 18.5. The lowest BCUT2D eigenvalue weighted by molar-refractivity contribution is 0.589. The molecule has 1 fully saturated rings. The number of aromatic nitrogens is 3. The third kappa shape index (κ3) is 4.32. The molecular weight excluding hydrogens is 374 g/mol. The molecular formula is C20H22ClN7. The van der Waals surface area contributed by atoms with E-state index in [1.807, 2.05) is 43.5 Å². The highest BCUT2D eigenvalue weighted by Gasteiger charge is 2.11. The lowest BCUT2D eigenvalue weighted by Gasteiger charge is -2.29. The van der Waals surface area contributed by atoms with Crippen LogP contribution in [0.15, 0.2) is 48.8 Å². The van der Waals surface area contributed by atoms with Crippen LogP contribution in [-0.4, -0.2) is 41.1 Å². The predicted octanol–water partition coefficient (Wildman–Crippen LogP) is 3.73. The molecule has 0 bridgehead atoms. The van der Waals surface area contributed by atoms with Crippen molar-refractivity contribution in [1.82, 2.24) is 20.3 Å². The van der Waals surface area contributed by atoms with E-state index in [2.05, 4.69) is 41.9 Å². The molecule has 1 aliphatic rings. The summed E-state index contributed by atoms with van der Waals surface area (Å²) in [7, 11) is 0. The van der Waals surface area contributed by atoms with Gasteiger partial charge in [0.05, 0.1) is 18.1 Å². The number of halogens is 1. The minimum atomic E-state index is 0.433. The molecule has 4 rings (SSSR count). The molecule has 1 aliphatic heterocycles. The average molecular weight is 396 g/mol. The van der Waals surface area contributed by atoms with Gasteiger partial charge in [-0.05, 0) is 30.7 Å². The van der Waals surface area contributed by atoms with Gasteiger partial charge in [0.1, 0.15) is 10.8 Å². The fourth-order valence-corrected chi connectivity index (χ4v) is 3.18. The van der Waals surface area contributed by atoms with Gasteiger partial charge in [-0.3, -0.25) is 0 Å². The van der Waals surface area contributed by atoms with Crippen molar-refractivity contribution in [2.24, 2.45) is 0 Å². The monoisotopic (exact) mass is 395 g/mol. The number of nitrogens with zero attached hydrogens (tertiary/aromatic N) is 4. The van der Waals surface area contributed by atoms with Crippen molar-refractivity contribution in [3.8, 4) is 0 Å². The SMILES string of the molecule is Cc1ccccc1Nc1nc(Nc2ccc(N3CCNCC3)cn2)ncc1Cl. The molecule has 0 radical (unpaired) electrons. The summed E-state index contributed by atoms with van der Waals surface area (Å²) in [6.45, 7) is 6.00. The van der Waals surface area contributed by atoms with Gasteiger partial charge in [0.15, 0.2) is 5.82 Å². The Labute approximate surface area is 169 Å². The van der Waals surface area contributed by atoms with Gasteiger partial charge in [0, 0.05) is 31.9 Å². The molecule has 0 atom stereocenters. The van der Waals surface area contributed by atoms with Gasteiger partial charge >= 0.3 is 0 Å². The van der Waals surface area contributed by atoms with E-state index in [1.165, 1.54) is 0 Å². The predicted molar refractivity (Wildman–Crippen MR) is 114 cm³/mol. The highest BCUT2D eigenvalue weighted by Crippen LogP contribution is 2.26. The average Bonchev–Trinajstić information content (AvgIpc) is 2.73. The standard InChI is InChI=1S/C20H22ClN7/c1-14-4-2-3-5-17(14)25-19-16(21)13-24-20(27-19)26-18-7-6-15(12-23-18)28-10-8-22-9-11-28/h2-7,12-13,22H,8-11H2,1H3,(H2,23,24,25,26,27). The highest BCUT2D eigenvalue weighted by molar-refractivity contribution is 6.32. The Morgan fingerprint density at radius 3 is 2.57 bits per heavy atom. The first-order chi connectivity index (χ1) is 13.7. The van der Waals surface area contributed by atoms with E-state index in [0.717, 1.165) is 43.1 Å². The lowest BCUT2D eigenvalue weighted by atomic mass is 10.2. The number of para-hydroxylation sites is 1. The summed E-state index contributed by atoms with van der Waals surface area (Å²) in [5.74, 6) is 1.66. The van der Waals surface area contributed by atoms with Gasteiger partial charge in [-0.2, -0.15) is 4.98 Å². The van der Waals surface area contributed by atoms with E-state index in [1.54, 1.807) is 6.20 Å². The molecule has 1 aromatic carbocycles. The largest absolute Gasteiger partial charge is 0.368 e. The maximum absolute atomic E-state index is 6.27. The van der Waals surface area contributed by atoms with Gasteiger partial charge in [0.25, 0.3) is 0 Å². The summed E-state index contributed by atoms with van der Waals surface area (Å²) in [6.07, 6.45) is 3.45. The Balaban J connectivity index is 1.48. The molecule has 0 spiro atoms. The maximum Gasteiger partial charge on any atom is 0.230 e. The first-order valence-corrected chi connectivity index (χ1v) is 9.61. The van der Waals surface area contributed by atoms with Crippen LogP contribution in [0.3, 0.4) is 0 Å². The zero-order valence-corrected chi connectivity index (χ0v) is 16.4. The van der Waals surface area contributed by atoms with Crippen LogP contribution in [0.25, 0.3) is 0 Å². The molecule has 2 aromatic heterocycles. The number of benzene rings is 1. The minimum absolute atomic E-state index is 0.433. The van der Waals surface area contributed by atoms with Crippen LogP contribution in [0.2, 0.25) is 5.02 Å². The Bertz CT molecular complexity index is 940. The zero-order valence-electron chi connectivity index (χ0n) is 15.6. The van der Waals surface area contributed by atoms with Crippen LogP contribution in [0, 0.1) is 6.92 Å². The number of rotatable bonds is 5. The molecule has 0 amide bonds. The summed E-state index contributed by atoms with van der Waals surface area (Å²) >= 11 is 6.27. The topological polar surface area (TPSA) is 78.0 Å². The Morgan fingerprint density at radius 2 is 1.82 bits per heavy atom. The second-order valence-electron chi connectivity index (χ2n) is 6.59. The maximum atomic E-state index is 6.27. The molecule has 28 heavy (non-hydrogen) atoms. The van der Waals surface area contributed by atoms with Gasteiger partial charge in [-0.1, -0.05) is 29.8 Å². The van der Waals surface area contributed by atoms with E-state index in [0.29, 0.717) is 22.6 Å². The number of hydrogen-bond acceptors (Lipinski definition) is 7. The van der Waals surface area contributed by atoms with Crippen molar-refractivity contribution in [3.05, 3.63) is 59.4 Å².